The molecule has 0 heterocycles. The van der Waals surface area contributed by atoms with Crippen LogP contribution in [0.25, 0.3) is 6.08 Å². The van der Waals surface area contributed by atoms with Crippen LogP contribution in [0.5, 0.6) is 0 Å². The summed E-state index contributed by atoms with van der Waals surface area (Å²) in [4.78, 5) is 11.7. The van der Waals surface area contributed by atoms with Crippen LogP contribution in [0, 0.1) is 12.7 Å². The highest BCUT2D eigenvalue weighted by Gasteiger charge is 2.04. The van der Waals surface area contributed by atoms with E-state index in [1.165, 1.54) is 18.2 Å². The molecule has 0 saturated carbocycles. The summed E-state index contributed by atoms with van der Waals surface area (Å²) in [6.07, 6.45) is 2.96. The van der Waals surface area contributed by atoms with Gasteiger partial charge in [-0.3, -0.25) is 4.79 Å². The number of anilines is 1. The summed E-state index contributed by atoms with van der Waals surface area (Å²) in [5, 5.41) is 3.08. The number of hydrogen-bond acceptors (Lipinski definition) is 1. The normalized spacial score (nSPS) is 10.8. The molecule has 2 aromatic carbocycles. The van der Waals surface area contributed by atoms with Crippen molar-refractivity contribution in [1.29, 1.82) is 0 Å². The first kappa shape index (κ1) is 14.3. The monoisotopic (exact) mass is 289 g/mol. The van der Waals surface area contributed by atoms with Crippen molar-refractivity contribution in [3.63, 3.8) is 0 Å². The van der Waals surface area contributed by atoms with E-state index >= 15 is 0 Å². The Hall–Kier alpha value is -2.13. The third-order valence-corrected chi connectivity index (χ3v) is 2.89. The van der Waals surface area contributed by atoms with Crippen molar-refractivity contribution in [3.8, 4) is 0 Å². The Balaban J connectivity index is 2.05. The maximum Gasteiger partial charge on any atom is 0.248 e. The number of amides is 1. The zero-order valence-corrected chi connectivity index (χ0v) is 11.6. The average molecular weight is 290 g/mol. The predicted molar refractivity (Wildman–Crippen MR) is 80.3 cm³/mol. The van der Waals surface area contributed by atoms with Gasteiger partial charge in [0.05, 0.1) is 5.69 Å². The van der Waals surface area contributed by atoms with Crippen LogP contribution < -0.4 is 5.32 Å². The molecule has 0 aromatic heterocycles. The van der Waals surface area contributed by atoms with Gasteiger partial charge in [-0.1, -0.05) is 29.8 Å². The molecule has 0 aliphatic heterocycles. The molecule has 2 rings (SSSR count). The summed E-state index contributed by atoms with van der Waals surface area (Å²) in [6, 6.07) is 11.7. The molecule has 0 unspecified atom stereocenters. The van der Waals surface area contributed by atoms with E-state index in [0.717, 1.165) is 11.1 Å². The summed E-state index contributed by atoms with van der Waals surface area (Å²) in [5.74, 6) is -0.845. The van der Waals surface area contributed by atoms with Crippen LogP contribution in [0.1, 0.15) is 11.1 Å². The fourth-order valence-electron chi connectivity index (χ4n) is 1.68. The minimum absolute atomic E-state index is 0.163. The highest BCUT2D eigenvalue weighted by molar-refractivity contribution is 6.30. The Morgan fingerprint density at radius 1 is 1.25 bits per heavy atom. The van der Waals surface area contributed by atoms with Crippen LogP contribution in [0.15, 0.2) is 48.5 Å². The zero-order chi connectivity index (χ0) is 14.5. The highest BCUT2D eigenvalue weighted by atomic mass is 35.5. The lowest BCUT2D eigenvalue weighted by atomic mass is 10.2. The Morgan fingerprint density at radius 3 is 2.75 bits per heavy atom. The van der Waals surface area contributed by atoms with Crippen LogP contribution in [0.2, 0.25) is 5.02 Å². The molecule has 0 atom stereocenters. The lowest BCUT2D eigenvalue weighted by Gasteiger charge is -2.04. The lowest BCUT2D eigenvalue weighted by Crippen LogP contribution is -2.09. The maximum atomic E-state index is 13.6. The number of hydrogen-bond donors (Lipinski definition) is 1. The van der Waals surface area contributed by atoms with Crippen LogP contribution in [0.3, 0.4) is 0 Å². The maximum absolute atomic E-state index is 13.6. The Bertz CT molecular complexity index is 667. The fourth-order valence-corrected chi connectivity index (χ4v) is 1.88. The Morgan fingerprint density at radius 2 is 2.05 bits per heavy atom. The quantitative estimate of drug-likeness (QED) is 0.832. The van der Waals surface area contributed by atoms with E-state index in [1.807, 2.05) is 6.07 Å². The molecule has 2 nitrogen and oxygen atoms in total. The number of benzene rings is 2. The van der Waals surface area contributed by atoms with Gasteiger partial charge in [-0.05, 0) is 48.4 Å². The largest absolute Gasteiger partial charge is 0.320 e. The SMILES string of the molecule is Cc1ccc(NC(=O)/C=C/c2cccc(Cl)c2)c(F)c1. The molecule has 0 bridgehead atoms. The highest BCUT2D eigenvalue weighted by Crippen LogP contribution is 2.16. The number of carbonyl (C=O) groups excluding carboxylic acids is 1. The number of nitrogens with one attached hydrogen (secondary N) is 1. The third-order valence-electron chi connectivity index (χ3n) is 2.66. The first-order valence-electron chi connectivity index (χ1n) is 6.05. The molecule has 0 radical (unpaired) electrons. The van der Waals surface area contributed by atoms with E-state index in [-0.39, 0.29) is 5.69 Å². The smallest absolute Gasteiger partial charge is 0.248 e. The molecular weight excluding hydrogens is 277 g/mol. The van der Waals surface area contributed by atoms with Crippen LogP contribution in [-0.2, 0) is 4.79 Å². The second-order valence-corrected chi connectivity index (χ2v) is 4.80. The fraction of sp³-hybridized carbons (Fsp3) is 0.0625. The van der Waals surface area contributed by atoms with Crippen molar-refractivity contribution in [1.82, 2.24) is 0 Å². The van der Waals surface area contributed by atoms with Gasteiger partial charge in [-0.25, -0.2) is 4.39 Å². The molecule has 0 aliphatic rings. The van der Waals surface area contributed by atoms with Gasteiger partial charge in [0.25, 0.3) is 0 Å². The van der Waals surface area contributed by atoms with Crippen molar-refractivity contribution >= 4 is 29.3 Å². The van der Waals surface area contributed by atoms with E-state index in [4.69, 9.17) is 11.6 Å². The molecule has 2 aromatic rings. The summed E-state index contributed by atoms with van der Waals surface area (Å²) in [6.45, 7) is 1.79. The number of rotatable bonds is 3. The van der Waals surface area contributed by atoms with Gasteiger partial charge in [0.1, 0.15) is 5.82 Å². The second kappa shape index (κ2) is 6.35. The second-order valence-electron chi connectivity index (χ2n) is 4.36. The molecule has 0 fully saturated rings. The van der Waals surface area contributed by atoms with Gasteiger partial charge in [0.15, 0.2) is 0 Å². The number of halogens is 2. The minimum Gasteiger partial charge on any atom is -0.320 e. The molecule has 4 heteroatoms. The predicted octanol–water partition coefficient (Wildman–Crippen LogP) is 4.44. The van der Waals surface area contributed by atoms with Crippen LogP contribution in [0.4, 0.5) is 10.1 Å². The van der Waals surface area contributed by atoms with Gasteiger partial charge in [0, 0.05) is 11.1 Å². The standard InChI is InChI=1S/C16H13ClFNO/c1-11-5-7-15(14(18)9-11)19-16(20)8-6-12-3-2-4-13(17)10-12/h2-10H,1H3,(H,19,20)/b8-6+. The first-order valence-corrected chi connectivity index (χ1v) is 6.43. The van der Waals surface area contributed by atoms with Gasteiger partial charge < -0.3 is 5.32 Å². The van der Waals surface area contributed by atoms with Crippen molar-refractivity contribution < 1.29 is 9.18 Å². The molecule has 0 spiro atoms. The van der Waals surface area contributed by atoms with E-state index < -0.39 is 11.7 Å². The van der Waals surface area contributed by atoms with Gasteiger partial charge in [-0.15, -0.1) is 0 Å². The van der Waals surface area contributed by atoms with E-state index in [2.05, 4.69) is 5.32 Å². The first-order chi connectivity index (χ1) is 9.54. The van der Waals surface area contributed by atoms with Gasteiger partial charge in [-0.2, -0.15) is 0 Å². The minimum atomic E-state index is -0.450. The molecule has 0 aliphatic carbocycles. The van der Waals surface area contributed by atoms with E-state index in [9.17, 15) is 9.18 Å². The molecule has 1 N–H and O–H groups in total. The van der Waals surface area contributed by atoms with Crippen LogP contribution in [-0.4, -0.2) is 5.91 Å². The van der Waals surface area contributed by atoms with Crippen molar-refractivity contribution in [2.75, 3.05) is 5.32 Å². The molecule has 20 heavy (non-hydrogen) atoms. The molecule has 0 saturated heterocycles. The number of aryl methyl sites for hydroxylation is 1. The summed E-state index contributed by atoms with van der Waals surface area (Å²) < 4.78 is 13.6. The topological polar surface area (TPSA) is 29.1 Å². The van der Waals surface area contributed by atoms with Crippen molar-refractivity contribution in [2.45, 2.75) is 6.92 Å². The molecule has 1 amide bonds. The Labute approximate surface area is 121 Å². The van der Waals surface area contributed by atoms with Crippen molar-refractivity contribution in [3.05, 3.63) is 70.5 Å². The third kappa shape index (κ3) is 3.93. The average Bonchev–Trinajstić information content (AvgIpc) is 2.40. The van der Waals surface area contributed by atoms with Gasteiger partial charge >= 0.3 is 0 Å². The molecule has 102 valence electrons. The summed E-state index contributed by atoms with van der Waals surface area (Å²) >= 11 is 5.84. The van der Waals surface area contributed by atoms with Crippen LogP contribution >= 0.6 is 11.6 Å². The Kier molecular flexibility index (Phi) is 4.53. The summed E-state index contributed by atoms with van der Waals surface area (Å²) in [5.41, 5.74) is 1.77. The number of carbonyl (C=O) groups is 1. The van der Waals surface area contributed by atoms with E-state index in [1.54, 1.807) is 37.3 Å². The van der Waals surface area contributed by atoms with Gasteiger partial charge in [0.2, 0.25) is 5.91 Å². The lowest BCUT2D eigenvalue weighted by molar-refractivity contribution is -0.111. The molecular formula is C16H13ClFNO. The van der Waals surface area contributed by atoms with E-state index in [0.29, 0.717) is 5.02 Å². The zero-order valence-electron chi connectivity index (χ0n) is 10.9. The summed E-state index contributed by atoms with van der Waals surface area (Å²) in [7, 11) is 0. The van der Waals surface area contributed by atoms with Crippen molar-refractivity contribution in [2.24, 2.45) is 0 Å².